The summed E-state index contributed by atoms with van der Waals surface area (Å²) in [5.74, 6) is 0. The fourth-order valence-corrected chi connectivity index (χ4v) is 1.49. The molecule has 1 aromatic rings. The van der Waals surface area contributed by atoms with E-state index in [1.807, 2.05) is 18.2 Å². The Morgan fingerprint density at radius 2 is 2.12 bits per heavy atom. The monoisotopic (exact) mass is 238 g/mol. The Bertz CT molecular complexity index is 397. The van der Waals surface area contributed by atoms with Crippen LogP contribution in [0.1, 0.15) is 12.0 Å². The molecule has 0 bridgehead atoms. The molecule has 4 nitrogen and oxygen atoms in total. The summed E-state index contributed by atoms with van der Waals surface area (Å²) in [6.07, 6.45) is -0.486. The quantitative estimate of drug-likeness (QED) is 0.846. The van der Waals surface area contributed by atoms with Gasteiger partial charge < -0.3 is 10.4 Å². The van der Waals surface area contributed by atoms with E-state index >= 15 is 0 Å². The van der Waals surface area contributed by atoms with E-state index in [1.54, 1.807) is 12.1 Å². The van der Waals surface area contributed by atoms with E-state index in [0.29, 0.717) is 11.4 Å². The molecule has 0 aromatic heterocycles. The average molecular weight is 239 g/mol. The normalized spacial score (nSPS) is 11.5. The lowest BCUT2D eigenvalue weighted by Crippen LogP contribution is -2.34. The minimum Gasteiger partial charge on any atom is -0.465 e. The molecule has 0 fully saturated rings. The number of amides is 1. The summed E-state index contributed by atoms with van der Waals surface area (Å²) < 4.78 is 0. The Kier molecular flexibility index (Phi) is 4.62. The number of benzene rings is 1. The molecule has 0 heterocycles. The van der Waals surface area contributed by atoms with E-state index in [-0.39, 0.29) is 12.5 Å². The number of hydrogen-bond donors (Lipinski definition) is 2. The second-order valence-electron chi connectivity index (χ2n) is 3.34. The molecule has 1 rings (SSSR count). The van der Waals surface area contributed by atoms with Gasteiger partial charge in [-0.3, -0.25) is 0 Å². The number of rotatable bonds is 4. The SMILES string of the molecule is N#CCC(Cc1ccc(Cl)cc1)NC(=O)O. The molecule has 1 atom stereocenters. The number of nitrogens with zero attached hydrogens (tertiary/aromatic N) is 1. The molecule has 1 unspecified atom stereocenters. The molecule has 0 aliphatic rings. The number of carboxylic acid groups (broad SMARTS) is 1. The van der Waals surface area contributed by atoms with Crippen LogP contribution in [0.5, 0.6) is 0 Å². The molecular weight excluding hydrogens is 228 g/mol. The standard InChI is InChI=1S/C11H11ClN2O2/c12-9-3-1-8(2-4-9)7-10(5-6-13)14-11(15)16/h1-4,10,14H,5,7H2,(H,15,16). The Morgan fingerprint density at radius 1 is 1.50 bits per heavy atom. The first kappa shape index (κ1) is 12.3. The van der Waals surface area contributed by atoms with Crippen LogP contribution in [-0.2, 0) is 6.42 Å². The van der Waals surface area contributed by atoms with Crippen molar-refractivity contribution >= 4 is 17.7 Å². The number of hydrogen-bond acceptors (Lipinski definition) is 2. The molecule has 84 valence electrons. The van der Waals surface area contributed by atoms with E-state index in [9.17, 15) is 4.79 Å². The highest BCUT2D eigenvalue weighted by molar-refractivity contribution is 6.30. The van der Waals surface area contributed by atoms with E-state index in [2.05, 4.69) is 5.32 Å². The third-order valence-corrected chi connectivity index (χ3v) is 2.31. The predicted molar refractivity (Wildman–Crippen MR) is 60.3 cm³/mol. The van der Waals surface area contributed by atoms with Gasteiger partial charge in [0.2, 0.25) is 0 Å². The van der Waals surface area contributed by atoms with Gasteiger partial charge in [0.15, 0.2) is 0 Å². The fraction of sp³-hybridized carbons (Fsp3) is 0.273. The summed E-state index contributed by atoms with van der Waals surface area (Å²) in [7, 11) is 0. The fourth-order valence-electron chi connectivity index (χ4n) is 1.36. The van der Waals surface area contributed by atoms with E-state index in [0.717, 1.165) is 5.56 Å². The lowest BCUT2D eigenvalue weighted by Gasteiger charge is -2.13. The first-order valence-electron chi connectivity index (χ1n) is 4.72. The van der Waals surface area contributed by atoms with Crippen LogP contribution in [0.4, 0.5) is 4.79 Å². The smallest absolute Gasteiger partial charge is 0.404 e. The van der Waals surface area contributed by atoms with Crippen LogP contribution >= 0.6 is 11.6 Å². The van der Waals surface area contributed by atoms with Crippen molar-refractivity contribution in [3.63, 3.8) is 0 Å². The largest absolute Gasteiger partial charge is 0.465 e. The van der Waals surface area contributed by atoms with Gasteiger partial charge in [-0.1, -0.05) is 23.7 Å². The molecular formula is C11H11ClN2O2. The molecule has 0 aliphatic heterocycles. The highest BCUT2D eigenvalue weighted by atomic mass is 35.5. The van der Waals surface area contributed by atoms with Gasteiger partial charge in [-0.05, 0) is 24.1 Å². The van der Waals surface area contributed by atoms with Crippen LogP contribution in [0.25, 0.3) is 0 Å². The highest BCUT2D eigenvalue weighted by Gasteiger charge is 2.11. The topological polar surface area (TPSA) is 73.1 Å². The van der Waals surface area contributed by atoms with Gasteiger partial charge in [-0.25, -0.2) is 4.79 Å². The maximum absolute atomic E-state index is 10.5. The molecule has 0 aliphatic carbocycles. The Hall–Kier alpha value is -1.73. The van der Waals surface area contributed by atoms with Crippen LogP contribution in [0.2, 0.25) is 5.02 Å². The molecule has 5 heteroatoms. The molecule has 0 radical (unpaired) electrons. The summed E-state index contributed by atoms with van der Waals surface area (Å²) in [6.45, 7) is 0. The number of carbonyl (C=O) groups is 1. The third-order valence-electron chi connectivity index (χ3n) is 2.06. The van der Waals surface area contributed by atoms with Crippen molar-refractivity contribution in [2.45, 2.75) is 18.9 Å². The Morgan fingerprint density at radius 3 is 2.62 bits per heavy atom. The molecule has 16 heavy (non-hydrogen) atoms. The zero-order valence-electron chi connectivity index (χ0n) is 8.48. The van der Waals surface area contributed by atoms with Crippen LogP contribution < -0.4 is 5.32 Å². The Labute approximate surface area is 98.5 Å². The van der Waals surface area contributed by atoms with Gasteiger partial charge in [0.05, 0.1) is 12.5 Å². The molecule has 1 aromatic carbocycles. The van der Waals surface area contributed by atoms with Crippen molar-refractivity contribution < 1.29 is 9.90 Å². The summed E-state index contributed by atoms with van der Waals surface area (Å²) in [6, 6.07) is 8.67. The van der Waals surface area contributed by atoms with Gasteiger partial charge in [0, 0.05) is 11.1 Å². The molecule has 0 saturated heterocycles. The van der Waals surface area contributed by atoms with E-state index in [1.165, 1.54) is 0 Å². The van der Waals surface area contributed by atoms with Crippen molar-refractivity contribution in [3.8, 4) is 6.07 Å². The van der Waals surface area contributed by atoms with Crippen molar-refractivity contribution in [3.05, 3.63) is 34.9 Å². The first-order valence-corrected chi connectivity index (χ1v) is 5.10. The molecule has 0 saturated carbocycles. The van der Waals surface area contributed by atoms with Crippen molar-refractivity contribution in [1.82, 2.24) is 5.32 Å². The number of nitrogens with one attached hydrogen (secondary N) is 1. The maximum Gasteiger partial charge on any atom is 0.404 e. The van der Waals surface area contributed by atoms with Crippen LogP contribution in [0.15, 0.2) is 24.3 Å². The van der Waals surface area contributed by atoms with Gasteiger partial charge in [0.25, 0.3) is 0 Å². The first-order chi connectivity index (χ1) is 7.61. The molecule has 1 amide bonds. The van der Waals surface area contributed by atoms with Gasteiger partial charge in [-0.2, -0.15) is 5.26 Å². The summed E-state index contributed by atoms with van der Waals surface area (Å²) >= 11 is 5.73. The second-order valence-corrected chi connectivity index (χ2v) is 3.78. The van der Waals surface area contributed by atoms with Gasteiger partial charge in [0.1, 0.15) is 0 Å². The Balaban J connectivity index is 2.64. The van der Waals surface area contributed by atoms with Crippen LogP contribution in [-0.4, -0.2) is 17.2 Å². The minimum atomic E-state index is -1.12. The number of nitriles is 1. The predicted octanol–water partition coefficient (Wildman–Crippen LogP) is 2.43. The zero-order valence-corrected chi connectivity index (χ0v) is 9.24. The van der Waals surface area contributed by atoms with Crippen LogP contribution in [0.3, 0.4) is 0 Å². The van der Waals surface area contributed by atoms with Gasteiger partial charge >= 0.3 is 6.09 Å². The van der Waals surface area contributed by atoms with Crippen LogP contribution in [0, 0.1) is 11.3 Å². The molecule has 2 N–H and O–H groups in total. The molecule has 0 spiro atoms. The summed E-state index contributed by atoms with van der Waals surface area (Å²) in [4.78, 5) is 10.5. The van der Waals surface area contributed by atoms with Crippen molar-refractivity contribution in [1.29, 1.82) is 5.26 Å². The lowest BCUT2D eigenvalue weighted by atomic mass is 10.0. The van der Waals surface area contributed by atoms with E-state index in [4.69, 9.17) is 22.0 Å². The number of halogens is 1. The maximum atomic E-state index is 10.5. The summed E-state index contributed by atoms with van der Waals surface area (Å²) in [5, 5.41) is 20.1. The lowest BCUT2D eigenvalue weighted by molar-refractivity contribution is 0.190. The second kappa shape index (κ2) is 5.99. The third kappa shape index (κ3) is 4.20. The average Bonchev–Trinajstić information content (AvgIpc) is 2.21. The van der Waals surface area contributed by atoms with Crippen molar-refractivity contribution in [2.75, 3.05) is 0 Å². The van der Waals surface area contributed by atoms with Gasteiger partial charge in [-0.15, -0.1) is 0 Å². The summed E-state index contributed by atoms with van der Waals surface area (Å²) in [5.41, 5.74) is 0.943. The zero-order chi connectivity index (χ0) is 12.0. The minimum absolute atomic E-state index is 0.148. The highest BCUT2D eigenvalue weighted by Crippen LogP contribution is 2.11. The van der Waals surface area contributed by atoms with Crippen molar-refractivity contribution in [2.24, 2.45) is 0 Å². The van der Waals surface area contributed by atoms with E-state index < -0.39 is 6.09 Å².